The van der Waals surface area contributed by atoms with E-state index in [-0.39, 0.29) is 12.5 Å². The first kappa shape index (κ1) is 69.9. The van der Waals surface area contributed by atoms with Crippen LogP contribution < -0.4 is 5.32 Å². The van der Waals surface area contributed by atoms with Crippen molar-refractivity contribution in [2.75, 3.05) is 13.2 Å². The molecule has 0 saturated carbocycles. The van der Waals surface area contributed by atoms with Gasteiger partial charge < -0.3 is 40.3 Å². The van der Waals surface area contributed by atoms with Crippen LogP contribution in [0.5, 0.6) is 0 Å². The fraction of sp³-hybridized carbons (Fsp3) is 0.831. The number of hydrogen-bond donors (Lipinski definition) is 6. The summed E-state index contributed by atoms with van der Waals surface area (Å²) in [7, 11) is 0. The maximum atomic E-state index is 13.1. The topological polar surface area (TPSA) is 149 Å². The molecule has 1 amide bonds. The van der Waals surface area contributed by atoms with E-state index in [9.17, 15) is 30.3 Å². The van der Waals surface area contributed by atoms with Crippen LogP contribution in [0.1, 0.15) is 290 Å². The normalized spacial score (nSPS) is 19.4. The Morgan fingerprint density at radius 1 is 0.459 bits per heavy atom. The molecule has 7 atom stereocenters. The molecule has 432 valence electrons. The molecule has 9 nitrogen and oxygen atoms in total. The Morgan fingerprint density at radius 3 is 1.24 bits per heavy atom. The summed E-state index contributed by atoms with van der Waals surface area (Å²) in [5.74, 6) is -0.195. The van der Waals surface area contributed by atoms with E-state index >= 15 is 0 Å². The van der Waals surface area contributed by atoms with Crippen molar-refractivity contribution in [3.63, 3.8) is 0 Å². The molecule has 1 fully saturated rings. The van der Waals surface area contributed by atoms with E-state index < -0.39 is 49.5 Å². The first-order valence-electron chi connectivity index (χ1n) is 31.5. The highest BCUT2D eigenvalue weighted by Crippen LogP contribution is 2.23. The van der Waals surface area contributed by atoms with Gasteiger partial charge in [-0.3, -0.25) is 4.79 Å². The number of nitrogens with one attached hydrogen (secondary N) is 1. The minimum atomic E-state index is -1.58. The van der Waals surface area contributed by atoms with Crippen LogP contribution in [0.2, 0.25) is 0 Å². The molecular formula is C65H119NO8. The summed E-state index contributed by atoms with van der Waals surface area (Å²) in [4.78, 5) is 13.1. The summed E-state index contributed by atoms with van der Waals surface area (Å²) in [6.07, 6.45) is 67.4. The van der Waals surface area contributed by atoms with Crippen molar-refractivity contribution in [3.05, 3.63) is 60.8 Å². The van der Waals surface area contributed by atoms with Crippen molar-refractivity contribution in [2.24, 2.45) is 0 Å². The lowest BCUT2D eigenvalue weighted by atomic mass is 9.99. The molecule has 0 bridgehead atoms. The summed E-state index contributed by atoms with van der Waals surface area (Å²) >= 11 is 0. The Hall–Kier alpha value is -2.11. The summed E-state index contributed by atoms with van der Waals surface area (Å²) < 4.78 is 11.3. The molecule has 1 rings (SSSR count). The lowest BCUT2D eigenvalue weighted by Gasteiger charge is -2.40. The van der Waals surface area contributed by atoms with E-state index in [0.717, 1.165) is 64.2 Å². The van der Waals surface area contributed by atoms with Gasteiger partial charge in [0.2, 0.25) is 5.91 Å². The molecule has 1 saturated heterocycles. The van der Waals surface area contributed by atoms with Crippen molar-refractivity contribution < 1.29 is 39.8 Å². The van der Waals surface area contributed by atoms with Crippen LogP contribution in [0.25, 0.3) is 0 Å². The second-order valence-corrected chi connectivity index (χ2v) is 21.8. The fourth-order valence-electron chi connectivity index (χ4n) is 9.81. The van der Waals surface area contributed by atoms with Crippen molar-refractivity contribution in [2.45, 2.75) is 333 Å². The van der Waals surface area contributed by atoms with Crippen molar-refractivity contribution in [3.8, 4) is 0 Å². The molecule has 1 heterocycles. The average Bonchev–Trinajstić information content (AvgIpc) is 3.40. The standard InChI is InChI=1S/C65H119NO8/c1-3-5-7-9-11-13-15-17-19-21-23-24-25-26-27-28-29-30-31-32-33-34-35-37-38-40-42-44-46-48-50-52-54-59(68)58(57-73-65-64(72)63(71)62(70)60(56-67)74-65)66-61(69)55-53-51-49-47-45-43-41-39-36-22-20-18-16-14-12-10-8-6-4-2/h12,14,18,20,37-38,44,46,52,54,58-60,62-65,67-68,70-72H,3-11,13,15-17,19,21-36,39-43,45,47-51,53,55-57H2,1-2H3,(H,66,69)/b14-12-,20-18-,38-37+,46-44+,54-52+. The molecule has 74 heavy (non-hydrogen) atoms. The van der Waals surface area contributed by atoms with E-state index in [1.165, 1.54) is 205 Å². The third-order valence-electron chi connectivity index (χ3n) is 14.8. The molecule has 6 N–H and O–H groups in total. The Balaban J connectivity index is 2.20. The molecule has 0 aromatic rings. The van der Waals surface area contributed by atoms with Gasteiger partial charge in [0.1, 0.15) is 24.4 Å². The number of amides is 1. The largest absolute Gasteiger partial charge is 0.394 e. The number of rotatable bonds is 54. The van der Waals surface area contributed by atoms with Crippen molar-refractivity contribution >= 4 is 5.91 Å². The number of unbranched alkanes of at least 4 members (excludes halogenated alkanes) is 36. The van der Waals surface area contributed by atoms with E-state index in [0.29, 0.717) is 6.42 Å². The molecule has 0 aliphatic carbocycles. The van der Waals surface area contributed by atoms with Crippen molar-refractivity contribution in [1.82, 2.24) is 5.32 Å². The van der Waals surface area contributed by atoms with Crippen LogP contribution in [-0.2, 0) is 14.3 Å². The maximum Gasteiger partial charge on any atom is 0.220 e. The average molecular weight is 1040 g/mol. The van der Waals surface area contributed by atoms with E-state index in [2.05, 4.69) is 67.8 Å². The molecule has 7 unspecified atom stereocenters. The van der Waals surface area contributed by atoms with Crippen molar-refractivity contribution in [1.29, 1.82) is 0 Å². The Kier molecular flexibility index (Phi) is 51.3. The number of allylic oxidation sites excluding steroid dienone is 9. The number of aliphatic hydroxyl groups excluding tert-OH is 5. The highest BCUT2D eigenvalue weighted by atomic mass is 16.7. The van der Waals surface area contributed by atoms with Crippen LogP contribution in [0.4, 0.5) is 0 Å². The van der Waals surface area contributed by atoms with E-state index in [1.807, 2.05) is 6.08 Å². The number of ether oxygens (including phenoxy) is 2. The molecule has 0 radical (unpaired) electrons. The van der Waals surface area contributed by atoms with Crippen LogP contribution in [0.15, 0.2) is 60.8 Å². The zero-order valence-electron chi connectivity index (χ0n) is 48.1. The molecule has 1 aliphatic rings. The van der Waals surface area contributed by atoms with Gasteiger partial charge in [0.05, 0.1) is 25.4 Å². The summed E-state index contributed by atoms with van der Waals surface area (Å²) in [5, 5.41) is 54.5. The zero-order valence-corrected chi connectivity index (χ0v) is 48.1. The number of carbonyl (C=O) groups is 1. The summed E-state index contributed by atoms with van der Waals surface area (Å²) in [6.45, 7) is 3.76. The highest BCUT2D eigenvalue weighted by Gasteiger charge is 2.44. The van der Waals surface area contributed by atoms with Gasteiger partial charge in [-0.2, -0.15) is 0 Å². The van der Waals surface area contributed by atoms with Gasteiger partial charge >= 0.3 is 0 Å². The van der Waals surface area contributed by atoms with E-state index in [4.69, 9.17) is 9.47 Å². The van der Waals surface area contributed by atoms with Gasteiger partial charge in [-0.15, -0.1) is 0 Å². The number of aliphatic hydroxyl groups is 5. The Bertz CT molecular complexity index is 1350. The first-order chi connectivity index (χ1) is 36.3. The molecule has 9 heteroatoms. The lowest BCUT2D eigenvalue weighted by molar-refractivity contribution is -0.302. The quantitative estimate of drug-likeness (QED) is 0.0261. The van der Waals surface area contributed by atoms with Crippen LogP contribution in [-0.4, -0.2) is 87.5 Å². The van der Waals surface area contributed by atoms with Gasteiger partial charge in [-0.05, 0) is 77.0 Å². The predicted octanol–water partition coefficient (Wildman–Crippen LogP) is 16.2. The monoisotopic (exact) mass is 1040 g/mol. The van der Waals surface area contributed by atoms with Crippen LogP contribution >= 0.6 is 0 Å². The second-order valence-electron chi connectivity index (χ2n) is 21.8. The molecule has 0 aromatic carbocycles. The lowest BCUT2D eigenvalue weighted by Crippen LogP contribution is -2.60. The maximum absolute atomic E-state index is 13.1. The van der Waals surface area contributed by atoms with Gasteiger partial charge in [0, 0.05) is 6.42 Å². The summed E-state index contributed by atoms with van der Waals surface area (Å²) in [5.41, 5.74) is 0. The Labute approximate surface area is 456 Å². The predicted molar refractivity (Wildman–Crippen MR) is 313 cm³/mol. The second kappa shape index (κ2) is 54.3. The number of carbonyl (C=O) groups excluding carboxylic acids is 1. The molecular weight excluding hydrogens is 923 g/mol. The SMILES string of the molecule is CCCCC/C=C\C/C=C\CCCCCCCCCCCC(=O)NC(COC1OC(CO)C(O)C(O)C1O)C(O)/C=C/CC/C=C/CC/C=C/CCCCCCCCCCCCCCCCCCCCCCCC. The first-order valence-corrected chi connectivity index (χ1v) is 31.5. The number of hydrogen-bond acceptors (Lipinski definition) is 8. The smallest absolute Gasteiger partial charge is 0.220 e. The van der Waals surface area contributed by atoms with Gasteiger partial charge in [-0.1, -0.05) is 267 Å². The third-order valence-corrected chi connectivity index (χ3v) is 14.8. The van der Waals surface area contributed by atoms with Gasteiger partial charge in [0.25, 0.3) is 0 Å². The highest BCUT2D eigenvalue weighted by molar-refractivity contribution is 5.76. The Morgan fingerprint density at radius 2 is 0.811 bits per heavy atom. The molecule has 0 spiro atoms. The van der Waals surface area contributed by atoms with Gasteiger partial charge in [-0.25, -0.2) is 0 Å². The van der Waals surface area contributed by atoms with Crippen LogP contribution in [0.3, 0.4) is 0 Å². The minimum absolute atomic E-state index is 0.195. The molecule has 1 aliphatic heterocycles. The summed E-state index contributed by atoms with van der Waals surface area (Å²) in [6, 6.07) is -0.834. The fourth-order valence-corrected chi connectivity index (χ4v) is 9.81. The molecule has 0 aromatic heterocycles. The van der Waals surface area contributed by atoms with Gasteiger partial charge in [0.15, 0.2) is 6.29 Å². The third kappa shape index (κ3) is 42.9. The van der Waals surface area contributed by atoms with E-state index in [1.54, 1.807) is 6.08 Å². The van der Waals surface area contributed by atoms with Crippen LogP contribution in [0, 0.1) is 0 Å². The zero-order chi connectivity index (χ0) is 53.6. The minimum Gasteiger partial charge on any atom is -0.394 e.